The molecule has 5 rings (SSSR count). The molecule has 7 heteroatoms. The molecule has 0 radical (unpaired) electrons. The zero-order valence-corrected chi connectivity index (χ0v) is 21.9. The molecular formula is C29H26ClN3O2S. The van der Waals surface area contributed by atoms with Crippen molar-refractivity contribution < 1.29 is 9.15 Å². The van der Waals surface area contributed by atoms with Crippen molar-refractivity contribution in [2.75, 3.05) is 25.1 Å². The van der Waals surface area contributed by atoms with E-state index in [4.69, 9.17) is 30.7 Å². The zero-order chi connectivity index (χ0) is 25.1. The Bertz CT molecular complexity index is 1570. The van der Waals surface area contributed by atoms with Crippen LogP contribution in [0.2, 0.25) is 5.02 Å². The molecule has 0 saturated heterocycles. The first-order valence-corrected chi connectivity index (χ1v) is 13.1. The van der Waals surface area contributed by atoms with Gasteiger partial charge in [-0.05, 0) is 56.3 Å². The van der Waals surface area contributed by atoms with Gasteiger partial charge in [0.25, 0.3) is 0 Å². The molecule has 5 aromatic rings. The van der Waals surface area contributed by atoms with E-state index in [2.05, 4.69) is 43.0 Å². The predicted molar refractivity (Wildman–Crippen MR) is 150 cm³/mol. The van der Waals surface area contributed by atoms with Crippen molar-refractivity contribution in [1.29, 1.82) is 0 Å². The van der Waals surface area contributed by atoms with Crippen LogP contribution in [-0.2, 0) is 0 Å². The van der Waals surface area contributed by atoms with Crippen molar-refractivity contribution in [2.24, 2.45) is 4.99 Å². The smallest absolute Gasteiger partial charge is 0.230 e. The number of hydrogen-bond donors (Lipinski definition) is 0. The fourth-order valence-corrected chi connectivity index (χ4v) is 5.04. The average molecular weight is 516 g/mol. The molecular weight excluding hydrogens is 490 g/mol. The van der Waals surface area contributed by atoms with Crippen molar-refractivity contribution in [3.05, 3.63) is 88.8 Å². The summed E-state index contributed by atoms with van der Waals surface area (Å²) in [7, 11) is 1.65. The maximum atomic E-state index is 6.45. The van der Waals surface area contributed by atoms with Gasteiger partial charge in [-0.3, -0.25) is 0 Å². The van der Waals surface area contributed by atoms with Crippen LogP contribution in [0.1, 0.15) is 13.8 Å². The fraction of sp³-hybridized carbons (Fsp3) is 0.172. The van der Waals surface area contributed by atoms with Gasteiger partial charge in [0.15, 0.2) is 0 Å². The van der Waals surface area contributed by atoms with Gasteiger partial charge in [0, 0.05) is 52.3 Å². The van der Waals surface area contributed by atoms with Gasteiger partial charge in [-0.15, -0.1) is 11.3 Å². The van der Waals surface area contributed by atoms with E-state index in [1.54, 1.807) is 18.4 Å². The molecule has 0 spiro atoms. The number of benzene rings is 3. The van der Waals surface area contributed by atoms with E-state index in [1.165, 1.54) is 0 Å². The van der Waals surface area contributed by atoms with Crippen molar-refractivity contribution in [2.45, 2.75) is 13.8 Å². The zero-order valence-electron chi connectivity index (χ0n) is 20.4. The van der Waals surface area contributed by atoms with Crippen LogP contribution in [0.4, 0.5) is 11.4 Å². The second-order valence-corrected chi connectivity index (χ2v) is 9.51. The highest BCUT2D eigenvalue weighted by atomic mass is 35.5. The van der Waals surface area contributed by atoms with Gasteiger partial charge in [0.1, 0.15) is 16.3 Å². The highest BCUT2D eigenvalue weighted by molar-refractivity contribution is 7.13. The molecule has 0 aliphatic heterocycles. The fourth-order valence-electron chi connectivity index (χ4n) is 4.08. The van der Waals surface area contributed by atoms with Crippen molar-refractivity contribution in [3.8, 4) is 27.6 Å². The summed E-state index contributed by atoms with van der Waals surface area (Å²) in [6.45, 7) is 6.15. The SMILES string of the molecule is CCN(CC)c1ccc2cc(-c3nc(-c4ccc(Cl)cc4)cs3)c(=Nc3cccc(OC)c3)oc2c1. The lowest BCUT2D eigenvalue weighted by Gasteiger charge is -2.21. The van der Waals surface area contributed by atoms with E-state index in [0.717, 1.165) is 63.0 Å². The minimum absolute atomic E-state index is 0.504. The van der Waals surface area contributed by atoms with Crippen molar-refractivity contribution >= 4 is 45.3 Å². The van der Waals surface area contributed by atoms with E-state index in [-0.39, 0.29) is 0 Å². The van der Waals surface area contributed by atoms with E-state index in [1.807, 2.05) is 53.9 Å². The van der Waals surface area contributed by atoms with Crippen LogP contribution >= 0.6 is 22.9 Å². The monoisotopic (exact) mass is 515 g/mol. The van der Waals surface area contributed by atoms with Gasteiger partial charge in [-0.25, -0.2) is 9.98 Å². The molecule has 2 aromatic heterocycles. The molecule has 182 valence electrons. The van der Waals surface area contributed by atoms with Crippen molar-refractivity contribution in [1.82, 2.24) is 4.98 Å². The van der Waals surface area contributed by atoms with E-state index >= 15 is 0 Å². The van der Waals surface area contributed by atoms with Crippen LogP contribution in [0.3, 0.4) is 0 Å². The highest BCUT2D eigenvalue weighted by Crippen LogP contribution is 2.31. The number of halogens is 1. The molecule has 0 saturated carbocycles. The van der Waals surface area contributed by atoms with Crippen LogP contribution in [0.25, 0.3) is 32.8 Å². The average Bonchev–Trinajstić information content (AvgIpc) is 3.39. The molecule has 0 fully saturated rings. The number of aromatic nitrogens is 1. The number of thiazole rings is 1. The second kappa shape index (κ2) is 10.6. The first-order chi connectivity index (χ1) is 17.6. The van der Waals surface area contributed by atoms with Crippen molar-refractivity contribution in [3.63, 3.8) is 0 Å². The Morgan fingerprint density at radius 2 is 1.81 bits per heavy atom. The highest BCUT2D eigenvalue weighted by Gasteiger charge is 2.14. The topological polar surface area (TPSA) is 50.9 Å². The van der Waals surface area contributed by atoms with Crippen LogP contribution in [0.5, 0.6) is 5.75 Å². The maximum absolute atomic E-state index is 6.45. The van der Waals surface area contributed by atoms with Crippen LogP contribution < -0.4 is 15.2 Å². The number of fused-ring (bicyclic) bond motifs is 1. The molecule has 0 aliphatic carbocycles. The first-order valence-electron chi connectivity index (χ1n) is 11.8. The largest absolute Gasteiger partial charge is 0.497 e. The normalized spacial score (nSPS) is 11.7. The molecule has 5 nitrogen and oxygen atoms in total. The lowest BCUT2D eigenvalue weighted by molar-refractivity contribution is 0.415. The summed E-state index contributed by atoms with van der Waals surface area (Å²) in [5.74, 6) is 0.738. The second-order valence-electron chi connectivity index (χ2n) is 8.22. The molecule has 0 aliphatic rings. The minimum Gasteiger partial charge on any atom is -0.497 e. The molecule has 0 amide bonds. The summed E-state index contributed by atoms with van der Waals surface area (Å²) in [5, 5.41) is 4.57. The Hall–Kier alpha value is -3.61. The van der Waals surface area contributed by atoms with Crippen LogP contribution in [0, 0.1) is 0 Å². The van der Waals surface area contributed by atoms with Gasteiger partial charge < -0.3 is 14.1 Å². The van der Waals surface area contributed by atoms with E-state index < -0.39 is 0 Å². The summed E-state index contributed by atoms with van der Waals surface area (Å²) in [4.78, 5) is 12.1. The summed E-state index contributed by atoms with van der Waals surface area (Å²) < 4.78 is 11.8. The van der Waals surface area contributed by atoms with Crippen LogP contribution in [-0.4, -0.2) is 25.2 Å². The summed E-state index contributed by atoms with van der Waals surface area (Å²) >= 11 is 7.63. The maximum Gasteiger partial charge on any atom is 0.230 e. The standard InChI is InChI=1S/C29H26ClN3O2S/c1-4-33(5-2)23-14-11-20-15-25(29-32-26(18-36-29)19-9-12-21(30)13-10-19)28(35-27(20)17-23)31-22-7-6-8-24(16-22)34-3/h6-18H,4-5H2,1-3H3. The third-order valence-electron chi connectivity index (χ3n) is 6.02. The van der Waals surface area contributed by atoms with Gasteiger partial charge in [-0.2, -0.15) is 0 Å². The number of anilines is 1. The van der Waals surface area contributed by atoms with Crippen LogP contribution in [0.15, 0.2) is 87.6 Å². The lowest BCUT2D eigenvalue weighted by Crippen LogP contribution is -2.21. The Morgan fingerprint density at radius 3 is 2.56 bits per heavy atom. The van der Waals surface area contributed by atoms with Gasteiger partial charge in [0.05, 0.1) is 24.1 Å². The lowest BCUT2D eigenvalue weighted by atomic mass is 10.1. The Morgan fingerprint density at radius 1 is 1.00 bits per heavy atom. The molecule has 3 aromatic carbocycles. The molecule has 0 bridgehead atoms. The predicted octanol–water partition coefficient (Wildman–Crippen LogP) is 7.96. The molecule has 0 unspecified atom stereocenters. The van der Waals surface area contributed by atoms with E-state index in [9.17, 15) is 0 Å². The summed E-state index contributed by atoms with van der Waals surface area (Å²) in [6.07, 6.45) is 0. The van der Waals surface area contributed by atoms with Gasteiger partial charge in [0.2, 0.25) is 5.55 Å². The van der Waals surface area contributed by atoms with E-state index in [0.29, 0.717) is 10.6 Å². The third-order valence-corrected chi connectivity index (χ3v) is 7.15. The Kier molecular flexibility index (Phi) is 7.07. The minimum atomic E-state index is 0.504. The summed E-state index contributed by atoms with van der Waals surface area (Å²) in [5.41, 5.74) is 5.88. The number of hydrogen-bond acceptors (Lipinski definition) is 6. The van der Waals surface area contributed by atoms with Gasteiger partial charge >= 0.3 is 0 Å². The Labute approximate surface area is 219 Å². The van der Waals surface area contributed by atoms with Gasteiger partial charge in [-0.1, -0.05) is 29.8 Å². The molecule has 0 N–H and O–H groups in total. The Balaban J connectivity index is 1.68. The third kappa shape index (κ3) is 5.01. The first kappa shape index (κ1) is 24.1. The molecule has 36 heavy (non-hydrogen) atoms. The number of rotatable bonds is 7. The number of ether oxygens (including phenoxy) is 1. The molecule has 0 atom stereocenters. The number of methoxy groups -OCH3 is 1. The number of nitrogens with zero attached hydrogens (tertiary/aromatic N) is 3. The summed E-state index contributed by atoms with van der Waals surface area (Å²) in [6, 6.07) is 23.7. The molecule has 2 heterocycles. The quantitative estimate of drug-likeness (QED) is 0.220.